The van der Waals surface area contributed by atoms with Crippen molar-refractivity contribution in [3.63, 3.8) is 0 Å². The summed E-state index contributed by atoms with van der Waals surface area (Å²) in [5.74, 6) is 0.442. The lowest BCUT2D eigenvalue weighted by molar-refractivity contribution is -0.000267. The molecule has 2 atom stereocenters. The van der Waals surface area contributed by atoms with Crippen molar-refractivity contribution < 1.29 is 9.53 Å². The van der Waals surface area contributed by atoms with E-state index in [-0.39, 0.29) is 17.6 Å². The number of carbonyl (C=O) groups is 1. The molecule has 1 saturated carbocycles. The van der Waals surface area contributed by atoms with Crippen molar-refractivity contribution in [3.8, 4) is 0 Å². The highest BCUT2D eigenvalue weighted by Gasteiger charge is 2.36. The molecule has 1 N–H and O–H groups in total. The number of para-hydroxylation sites is 1. The lowest BCUT2D eigenvalue weighted by Crippen LogP contribution is -2.38. The number of ether oxygens (including phenoxy) is 1. The van der Waals surface area contributed by atoms with Gasteiger partial charge in [-0.3, -0.25) is 5.32 Å². The molecule has 3 heteroatoms. The van der Waals surface area contributed by atoms with Gasteiger partial charge in [0, 0.05) is 11.6 Å². The molecule has 1 amide bonds. The predicted molar refractivity (Wildman–Crippen MR) is 81.7 cm³/mol. The maximum Gasteiger partial charge on any atom is 0.411 e. The summed E-state index contributed by atoms with van der Waals surface area (Å²) in [6, 6.07) is 9.45. The van der Waals surface area contributed by atoms with Crippen LogP contribution in [-0.2, 0) is 4.74 Å². The Balaban J connectivity index is 1.95. The van der Waals surface area contributed by atoms with Crippen molar-refractivity contribution in [2.24, 2.45) is 11.3 Å². The molecule has 2 rings (SSSR count). The average Bonchev–Trinajstić information content (AvgIpc) is 2.39. The van der Waals surface area contributed by atoms with Crippen LogP contribution in [0.15, 0.2) is 30.3 Å². The minimum Gasteiger partial charge on any atom is -0.446 e. The summed E-state index contributed by atoms with van der Waals surface area (Å²) < 4.78 is 5.68. The van der Waals surface area contributed by atoms with Crippen molar-refractivity contribution in [1.82, 2.24) is 0 Å². The van der Waals surface area contributed by atoms with E-state index in [0.29, 0.717) is 5.92 Å². The molecule has 110 valence electrons. The van der Waals surface area contributed by atoms with Gasteiger partial charge in [0.1, 0.15) is 6.10 Å². The second-order valence-electron chi connectivity index (χ2n) is 6.69. The number of hydrogen-bond acceptors (Lipinski definition) is 2. The van der Waals surface area contributed by atoms with Gasteiger partial charge in [0.05, 0.1) is 0 Å². The third-order valence-corrected chi connectivity index (χ3v) is 4.09. The predicted octanol–water partition coefficient (Wildman–Crippen LogP) is 4.84. The van der Waals surface area contributed by atoms with Gasteiger partial charge in [-0.1, -0.05) is 45.4 Å². The fourth-order valence-electron chi connectivity index (χ4n) is 3.03. The Kier molecular flexibility index (Phi) is 4.69. The number of hydrogen-bond donors (Lipinski definition) is 1. The van der Waals surface area contributed by atoms with Crippen molar-refractivity contribution in [3.05, 3.63) is 30.3 Å². The van der Waals surface area contributed by atoms with Crippen LogP contribution in [0.4, 0.5) is 10.5 Å². The van der Waals surface area contributed by atoms with E-state index in [9.17, 15) is 4.79 Å². The van der Waals surface area contributed by atoms with E-state index in [4.69, 9.17) is 4.74 Å². The molecule has 20 heavy (non-hydrogen) atoms. The largest absolute Gasteiger partial charge is 0.446 e. The second kappa shape index (κ2) is 6.29. The zero-order valence-electron chi connectivity index (χ0n) is 12.7. The minimum atomic E-state index is -0.336. The molecule has 0 aliphatic heterocycles. The molecule has 0 heterocycles. The summed E-state index contributed by atoms with van der Waals surface area (Å²) in [4.78, 5) is 12.0. The van der Waals surface area contributed by atoms with E-state index in [1.54, 1.807) is 0 Å². The van der Waals surface area contributed by atoms with Crippen LogP contribution < -0.4 is 5.32 Å². The topological polar surface area (TPSA) is 38.3 Å². The molecule has 0 bridgehead atoms. The number of carbonyl (C=O) groups excluding carboxylic acids is 1. The minimum absolute atomic E-state index is 0.0347. The molecule has 0 saturated heterocycles. The first kappa shape index (κ1) is 14.9. The Bertz CT molecular complexity index is 436. The summed E-state index contributed by atoms with van der Waals surface area (Å²) in [6.45, 7) is 6.69. The Morgan fingerprint density at radius 1 is 1.15 bits per heavy atom. The molecule has 1 aliphatic rings. The van der Waals surface area contributed by atoms with Gasteiger partial charge in [0.2, 0.25) is 0 Å². The number of anilines is 1. The highest BCUT2D eigenvalue weighted by atomic mass is 16.6. The lowest BCUT2D eigenvalue weighted by Gasteiger charge is -2.39. The standard InChI is InChI=1S/C17H25NO2/c1-17(2,3)14-11-7-8-12-15(14)20-16(19)18-13-9-5-4-6-10-13/h4-6,9-10,14-15H,7-8,11-12H2,1-3H3,(H,18,19). The summed E-state index contributed by atoms with van der Waals surface area (Å²) in [5, 5.41) is 2.80. The van der Waals surface area contributed by atoms with Crippen LogP contribution in [0.1, 0.15) is 46.5 Å². The molecule has 0 aromatic heterocycles. The third-order valence-electron chi connectivity index (χ3n) is 4.09. The van der Waals surface area contributed by atoms with Crippen LogP contribution in [0.5, 0.6) is 0 Å². The summed E-state index contributed by atoms with van der Waals surface area (Å²) in [6.07, 6.45) is 4.21. The van der Waals surface area contributed by atoms with Gasteiger partial charge in [-0.2, -0.15) is 0 Å². The quantitative estimate of drug-likeness (QED) is 0.838. The van der Waals surface area contributed by atoms with Crippen LogP contribution in [-0.4, -0.2) is 12.2 Å². The van der Waals surface area contributed by atoms with Gasteiger partial charge >= 0.3 is 6.09 Å². The third kappa shape index (κ3) is 3.99. The molecule has 1 aliphatic carbocycles. The molecule has 0 spiro atoms. The Labute approximate surface area is 121 Å². The smallest absolute Gasteiger partial charge is 0.411 e. The maximum atomic E-state index is 12.0. The van der Waals surface area contributed by atoms with Crippen LogP contribution in [0.25, 0.3) is 0 Å². The summed E-state index contributed by atoms with van der Waals surface area (Å²) >= 11 is 0. The molecular formula is C17H25NO2. The van der Waals surface area contributed by atoms with Gasteiger partial charge in [0.15, 0.2) is 0 Å². The van der Waals surface area contributed by atoms with E-state index < -0.39 is 0 Å². The highest BCUT2D eigenvalue weighted by Crippen LogP contribution is 2.39. The lowest BCUT2D eigenvalue weighted by atomic mass is 9.71. The number of amides is 1. The van der Waals surface area contributed by atoms with E-state index in [1.165, 1.54) is 6.42 Å². The average molecular weight is 275 g/mol. The molecular weight excluding hydrogens is 250 g/mol. The van der Waals surface area contributed by atoms with Crippen LogP contribution in [0, 0.1) is 11.3 Å². The van der Waals surface area contributed by atoms with Gasteiger partial charge in [-0.25, -0.2) is 4.79 Å². The first-order chi connectivity index (χ1) is 9.47. The van der Waals surface area contributed by atoms with Crippen molar-refractivity contribution in [2.75, 3.05) is 5.32 Å². The summed E-state index contributed by atoms with van der Waals surface area (Å²) in [7, 11) is 0. The normalized spacial score (nSPS) is 23.1. The Hall–Kier alpha value is -1.51. The Morgan fingerprint density at radius 2 is 1.80 bits per heavy atom. The van der Waals surface area contributed by atoms with E-state index >= 15 is 0 Å². The zero-order valence-corrected chi connectivity index (χ0v) is 12.7. The van der Waals surface area contributed by atoms with E-state index in [1.807, 2.05) is 30.3 Å². The molecule has 2 unspecified atom stereocenters. The van der Waals surface area contributed by atoms with Gasteiger partial charge in [-0.15, -0.1) is 0 Å². The molecule has 1 fully saturated rings. The molecule has 3 nitrogen and oxygen atoms in total. The fraction of sp³-hybridized carbons (Fsp3) is 0.588. The van der Waals surface area contributed by atoms with Gasteiger partial charge < -0.3 is 4.74 Å². The van der Waals surface area contributed by atoms with Crippen LogP contribution in [0.2, 0.25) is 0 Å². The van der Waals surface area contributed by atoms with Crippen molar-refractivity contribution in [2.45, 2.75) is 52.6 Å². The maximum absolute atomic E-state index is 12.0. The molecule has 0 radical (unpaired) electrons. The number of rotatable bonds is 2. The monoisotopic (exact) mass is 275 g/mol. The van der Waals surface area contributed by atoms with Gasteiger partial charge in [-0.05, 0) is 36.8 Å². The Morgan fingerprint density at radius 3 is 2.45 bits per heavy atom. The second-order valence-corrected chi connectivity index (χ2v) is 6.69. The van der Waals surface area contributed by atoms with Gasteiger partial charge in [0.25, 0.3) is 0 Å². The highest BCUT2D eigenvalue weighted by molar-refractivity contribution is 5.84. The SMILES string of the molecule is CC(C)(C)C1CCCCC1OC(=O)Nc1ccccc1. The first-order valence-electron chi connectivity index (χ1n) is 7.49. The fourth-order valence-corrected chi connectivity index (χ4v) is 3.03. The molecule has 1 aromatic rings. The van der Waals surface area contributed by atoms with E-state index in [2.05, 4.69) is 26.1 Å². The van der Waals surface area contributed by atoms with E-state index in [0.717, 1.165) is 24.9 Å². The first-order valence-corrected chi connectivity index (χ1v) is 7.49. The zero-order chi connectivity index (χ0) is 14.6. The van der Waals surface area contributed by atoms with Crippen LogP contribution in [0.3, 0.4) is 0 Å². The van der Waals surface area contributed by atoms with Crippen molar-refractivity contribution >= 4 is 11.8 Å². The number of benzene rings is 1. The number of nitrogens with one attached hydrogen (secondary N) is 1. The summed E-state index contributed by atoms with van der Waals surface area (Å²) in [5.41, 5.74) is 0.957. The van der Waals surface area contributed by atoms with Crippen molar-refractivity contribution in [1.29, 1.82) is 0 Å². The molecule has 1 aromatic carbocycles. The van der Waals surface area contributed by atoms with Crippen LogP contribution >= 0.6 is 0 Å².